The molecule has 0 bridgehead atoms. The summed E-state index contributed by atoms with van der Waals surface area (Å²) in [6.07, 6.45) is -1.09. The van der Waals surface area contributed by atoms with Gasteiger partial charge in [-0.3, -0.25) is 0 Å². The van der Waals surface area contributed by atoms with Crippen LogP contribution in [0.25, 0.3) is 0 Å². The number of aliphatic hydroxyl groups is 2. The first-order valence-corrected chi connectivity index (χ1v) is 2.71. The maximum Gasteiger partial charge on any atom is 0.157 e. The summed E-state index contributed by atoms with van der Waals surface area (Å²) >= 11 is 0. The van der Waals surface area contributed by atoms with Crippen LogP contribution in [0.1, 0.15) is 13.3 Å². The molecule has 1 heterocycles. The van der Waals surface area contributed by atoms with Gasteiger partial charge in [-0.25, -0.2) is 0 Å². The molecule has 0 aromatic carbocycles. The second-order valence-electron chi connectivity index (χ2n) is 2.10. The molecule has 3 atom stereocenters. The highest BCUT2D eigenvalue weighted by molar-refractivity contribution is 4.72. The molecule has 1 rings (SSSR count). The highest BCUT2D eigenvalue weighted by Gasteiger charge is 2.28. The number of rotatable bonds is 0. The van der Waals surface area contributed by atoms with Crippen molar-refractivity contribution in [1.29, 1.82) is 0 Å². The van der Waals surface area contributed by atoms with Crippen molar-refractivity contribution in [3.63, 3.8) is 0 Å². The average molecular weight is 118 g/mol. The van der Waals surface area contributed by atoms with Gasteiger partial charge in [-0.15, -0.1) is 0 Å². The second kappa shape index (κ2) is 2.01. The van der Waals surface area contributed by atoms with Crippen LogP contribution in [0.15, 0.2) is 0 Å². The Kier molecular flexibility index (Phi) is 1.51. The lowest BCUT2D eigenvalue weighted by Crippen LogP contribution is -2.15. The Morgan fingerprint density at radius 2 is 2.12 bits per heavy atom. The van der Waals surface area contributed by atoms with Crippen LogP contribution in [-0.4, -0.2) is 28.7 Å². The summed E-state index contributed by atoms with van der Waals surface area (Å²) in [4.78, 5) is 0. The maximum atomic E-state index is 8.88. The van der Waals surface area contributed by atoms with Crippen molar-refractivity contribution in [2.75, 3.05) is 0 Å². The SMILES string of the molecule is CC1OC(O)CC1O. The van der Waals surface area contributed by atoms with Crippen molar-refractivity contribution in [3.05, 3.63) is 0 Å². The van der Waals surface area contributed by atoms with E-state index in [9.17, 15) is 0 Å². The summed E-state index contributed by atoms with van der Waals surface area (Å²) in [5, 5.41) is 17.6. The summed E-state index contributed by atoms with van der Waals surface area (Å²) in [6, 6.07) is 0. The molecule has 0 aliphatic carbocycles. The molecule has 0 aromatic rings. The van der Waals surface area contributed by atoms with E-state index in [1.807, 2.05) is 0 Å². The topological polar surface area (TPSA) is 49.7 Å². The van der Waals surface area contributed by atoms with Gasteiger partial charge in [0.2, 0.25) is 0 Å². The highest BCUT2D eigenvalue weighted by Crippen LogP contribution is 2.16. The Morgan fingerprint density at radius 3 is 2.25 bits per heavy atom. The molecule has 48 valence electrons. The van der Waals surface area contributed by atoms with E-state index in [0.717, 1.165) is 0 Å². The molecule has 3 heteroatoms. The largest absolute Gasteiger partial charge is 0.390 e. The van der Waals surface area contributed by atoms with Gasteiger partial charge in [0, 0.05) is 6.42 Å². The Bertz CT molecular complexity index is 73.7. The lowest BCUT2D eigenvalue weighted by molar-refractivity contribution is -0.0889. The predicted octanol–water partition coefficient (Wildman–Crippen LogP) is -0.526. The molecule has 1 saturated heterocycles. The maximum absolute atomic E-state index is 8.88. The Balaban J connectivity index is 2.39. The molecule has 1 fully saturated rings. The zero-order valence-electron chi connectivity index (χ0n) is 4.74. The van der Waals surface area contributed by atoms with E-state index in [0.29, 0.717) is 6.42 Å². The van der Waals surface area contributed by atoms with Crippen LogP contribution in [0.2, 0.25) is 0 Å². The van der Waals surface area contributed by atoms with Gasteiger partial charge in [-0.1, -0.05) is 0 Å². The minimum Gasteiger partial charge on any atom is -0.390 e. The molecule has 0 aromatic heterocycles. The van der Waals surface area contributed by atoms with Gasteiger partial charge in [0.1, 0.15) is 0 Å². The van der Waals surface area contributed by atoms with Crippen molar-refractivity contribution < 1.29 is 14.9 Å². The van der Waals surface area contributed by atoms with Crippen molar-refractivity contribution >= 4 is 0 Å². The third-order valence-electron chi connectivity index (χ3n) is 1.36. The van der Waals surface area contributed by atoms with Crippen molar-refractivity contribution in [3.8, 4) is 0 Å². The lowest BCUT2D eigenvalue weighted by atomic mass is 10.2. The number of hydrogen-bond donors (Lipinski definition) is 2. The molecule has 0 radical (unpaired) electrons. The molecule has 2 N–H and O–H groups in total. The zero-order chi connectivity index (χ0) is 6.15. The standard InChI is InChI=1S/C5H10O3/c1-3-4(6)2-5(7)8-3/h3-7H,2H2,1H3. The van der Waals surface area contributed by atoms with E-state index >= 15 is 0 Å². The van der Waals surface area contributed by atoms with E-state index in [2.05, 4.69) is 0 Å². The number of aliphatic hydroxyl groups excluding tert-OH is 2. The molecule has 8 heavy (non-hydrogen) atoms. The van der Waals surface area contributed by atoms with E-state index in [-0.39, 0.29) is 6.10 Å². The van der Waals surface area contributed by atoms with Gasteiger partial charge < -0.3 is 14.9 Å². The lowest BCUT2D eigenvalue weighted by Gasteiger charge is -2.03. The molecule has 1 aliphatic rings. The van der Waals surface area contributed by atoms with Gasteiger partial charge in [0.15, 0.2) is 6.29 Å². The number of hydrogen-bond acceptors (Lipinski definition) is 3. The molecular formula is C5H10O3. The third kappa shape index (κ3) is 0.992. The third-order valence-corrected chi connectivity index (χ3v) is 1.36. The molecule has 3 nitrogen and oxygen atoms in total. The Morgan fingerprint density at radius 1 is 1.50 bits per heavy atom. The van der Waals surface area contributed by atoms with Gasteiger partial charge >= 0.3 is 0 Å². The van der Waals surface area contributed by atoms with Crippen molar-refractivity contribution in [2.45, 2.75) is 31.8 Å². The summed E-state index contributed by atoms with van der Waals surface area (Å²) in [6.45, 7) is 1.74. The fourth-order valence-electron chi connectivity index (χ4n) is 0.792. The van der Waals surface area contributed by atoms with Crippen LogP contribution in [0.3, 0.4) is 0 Å². The molecule has 1 aliphatic heterocycles. The zero-order valence-corrected chi connectivity index (χ0v) is 4.74. The minimum absolute atomic E-state index is 0.204. The Labute approximate surface area is 47.9 Å². The second-order valence-corrected chi connectivity index (χ2v) is 2.10. The summed E-state index contributed by atoms with van der Waals surface area (Å²) in [5.74, 6) is 0. The summed E-state index contributed by atoms with van der Waals surface area (Å²) in [7, 11) is 0. The van der Waals surface area contributed by atoms with Crippen molar-refractivity contribution in [1.82, 2.24) is 0 Å². The van der Waals surface area contributed by atoms with Gasteiger partial charge in [-0.05, 0) is 6.92 Å². The minimum atomic E-state index is -0.750. The smallest absolute Gasteiger partial charge is 0.157 e. The van der Waals surface area contributed by atoms with E-state index in [1.165, 1.54) is 0 Å². The molecular weight excluding hydrogens is 108 g/mol. The van der Waals surface area contributed by atoms with Gasteiger partial charge in [0.25, 0.3) is 0 Å². The van der Waals surface area contributed by atoms with E-state index < -0.39 is 12.4 Å². The van der Waals surface area contributed by atoms with Crippen LogP contribution < -0.4 is 0 Å². The predicted molar refractivity (Wildman–Crippen MR) is 27.2 cm³/mol. The number of ether oxygens (including phenoxy) is 1. The Hall–Kier alpha value is -0.120. The summed E-state index contributed by atoms with van der Waals surface area (Å²) in [5.41, 5.74) is 0. The quantitative estimate of drug-likeness (QED) is 0.449. The van der Waals surface area contributed by atoms with E-state index in [4.69, 9.17) is 14.9 Å². The normalized spacial score (nSPS) is 47.6. The fourth-order valence-corrected chi connectivity index (χ4v) is 0.792. The molecule has 0 amide bonds. The van der Waals surface area contributed by atoms with Gasteiger partial charge in [0.05, 0.1) is 12.2 Å². The molecule has 0 saturated carbocycles. The van der Waals surface area contributed by atoms with Crippen LogP contribution in [0.4, 0.5) is 0 Å². The summed E-state index contributed by atoms with van der Waals surface area (Å²) < 4.78 is 4.78. The van der Waals surface area contributed by atoms with Crippen molar-refractivity contribution in [2.24, 2.45) is 0 Å². The first-order chi connectivity index (χ1) is 3.70. The van der Waals surface area contributed by atoms with Crippen LogP contribution >= 0.6 is 0 Å². The van der Waals surface area contributed by atoms with E-state index in [1.54, 1.807) is 6.92 Å². The first-order valence-electron chi connectivity index (χ1n) is 2.71. The monoisotopic (exact) mass is 118 g/mol. The average Bonchev–Trinajstić information content (AvgIpc) is 1.85. The molecule has 3 unspecified atom stereocenters. The van der Waals surface area contributed by atoms with Crippen LogP contribution in [-0.2, 0) is 4.74 Å². The fraction of sp³-hybridized carbons (Fsp3) is 1.00. The highest BCUT2D eigenvalue weighted by atomic mass is 16.6. The first kappa shape index (κ1) is 6.01. The van der Waals surface area contributed by atoms with Crippen LogP contribution in [0.5, 0.6) is 0 Å². The van der Waals surface area contributed by atoms with Gasteiger partial charge in [-0.2, -0.15) is 0 Å². The van der Waals surface area contributed by atoms with Crippen LogP contribution in [0, 0.1) is 0 Å². The molecule has 0 spiro atoms.